The van der Waals surface area contributed by atoms with Crippen LogP contribution in [0.2, 0.25) is 0 Å². The number of ether oxygens (including phenoxy) is 1. The Morgan fingerprint density at radius 2 is 2.24 bits per heavy atom. The lowest BCUT2D eigenvalue weighted by atomic mass is 10.3. The molecule has 1 heterocycles. The Balaban J connectivity index is 1.96. The molecule has 2 rings (SSSR count). The summed E-state index contributed by atoms with van der Waals surface area (Å²) in [7, 11) is -3.05. The highest BCUT2D eigenvalue weighted by Gasteiger charge is 2.08. The van der Waals surface area contributed by atoms with Gasteiger partial charge in [0, 0.05) is 23.4 Å². The highest BCUT2D eigenvalue weighted by molar-refractivity contribution is 7.90. The normalized spacial score (nSPS) is 11.1. The van der Waals surface area contributed by atoms with E-state index in [1.807, 2.05) is 0 Å². The van der Waals surface area contributed by atoms with Gasteiger partial charge < -0.3 is 10.1 Å². The first-order valence-corrected chi connectivity index (χ1v) is 9.04. The monoisotopic (exact) mass is 326 g/mol. The van der Waals surface area contributed by atoms with Crippen LogP contribution in [-0.2, 0) is 9.84 Å². The maximum absolute atomic E-state index is 11.8. The van der Waals surface area contributed by atoms with Crippen LogP contribution < -0.4 is 10.1 Å². The van der Waals surface area contributed by atoms with Crippen molar-refractivity contribution in [3.63, 3.8) is 0 Å². The molecule has 0 spiro atoms. The molecule has 112 valence electrons. The molecule has 1 aromatic heterocycles. The third kappa shape index (κ3) is 5.16. The minimum absolute atomic E-state index is 0.0532. The number of carbonyl (C=O) groups is 1. The molecule has 0 bridgehead atoms. The molecule has 0 atom stereocenters. The number of benzene rings is 1. The third-order valence-electron chi connectivity index (χ3n) is 2.48. The molecular formula is C13H14N2O4S2. The van der Waals surface area contributed by atoms with Gasteiger partial charge in [0.2, 0.25) is 0 Å². The van der Waals surface area contributed by atoms with E-state index in [2.05, 4.69) is 10.3 Å². The van der Waals surface area contributed by atoms with E-state index in [9.17, 15) is 13.2 Å². The molecule has 0 aliphatic carbocycles. The summed E-state index contributed by atoms with van der Waals surface area (Å²) in [6.45, 7) is 0.0717. The average Bonchev–Trinajstić information content (AvgIpc) is 2.91. The first-order chi connectivity index (χ1) is 9.94. The minimum atomic E-state index is -3.05. The fourth-order valence-corrected chi connectivity index (χ4v) is 2.41. The number of nitrogens with one attached hydrogen (secondary N) is 1. The maximum Gasteiger partial charge on any atom is 0.275 e. The van der Waals surface area contributed by atoms with Crippen molar-refractivity contribution in [2.24, 2.45) is 0 Å². The SMILES string of the molecule is CS(=O)(=O)CCOc1cccc(NC(=O)c2cscn2)c1. The number of hydrogen-bond acceptors (Lipinski definition) is 6. The summed E-state index contributed by atoms with van der Waals surface area (Å²) in [4.78, 5) is 15.8. The smallest absolute Gasteiger partial charge is 0.275 e. The number of rotatable bonds is 6. The molecule has 0 aliphatic heterocycles. The number of thiazole rings is 1. The summed E-state index contributed by atoms with van der Waals surface area (Å²) in [5, 5.41) is 4.35. The first kappa shape index (κ1) is 15.5. The molecular weight excluding hydrogens is 312 g/mol. The average molecular weight is 326 g/mol. The van der Waals surface area contributed by atoms with Crippen LogP contribution in [0.25, 0.3) is 0 Å². The zero-order chi connectivity index (χ0) is 15.3. The van der Waals surface area contributed by atoms with Gasteiger partial charge in [0.15, 0.2) is 9.84 Å². The second-order valence-corrected chi connectivity index (χ2v) is 7.31. The zero-order valence-corrected chi connectivity index (χ0v) is 12.9. The largest absolute Gasteiger partial charge is 0.492 e. The van der Waals surface area contributed by atoms with Gasteiger partial charge in [-0.05, 0) is 12.1 Å². The van der Waals surface area contributed by atoms with Crippen molar-refractivity contribution >= 4 is 32.8 Å². The number of hydrogen-bond donors (Lipinski definition) is 1. The number of nitrogens with zero attached hydrogens (tertiary/aromatic N) is 1. The molecule has 0 aliphatic rings. The first-order valence-electron chi connectivity index (χ1n) is 6.04. The molecule has 1 amide bonds. The van der Waals surface area contributed by atoms with Gasteiger partial charge in [0.1, 0.15) is 18.1 Å². The van der Waals surface area contributed by atoms with Crippen molar-refractivity contribution in [2.45, 2.75) is 0 Å². The minimum Gasteiger partial charge on any atom is -0.492 e. The van der Waals surface area contributed by atoms with Gasteiger partial charge in [-0.25, -0.2) is 13.4 Å². The van der Waals surface area contributed by atoms with Crippen LogP contribution in [0.4, 0.5) is 5.69 Å². The lowest BCUT2D eigenvalue weighted by Crippen LogP contribution is -2.13. The van der Waals surface area contributed by atoms with Gasteiger partial charge >= 0.3 is 0 Å². The summed E-state index contributed by atoms with van der Waals surface area (Å²) in [6.07, 6.45) is 1.15. The van der Waals surface area contributed by atoms with Crippen molar-refractivity contribution in [3.8, 4) is 5.75 Å². The maximum atomic E-state index is 11.8. The van der Waals surface area contributed by atoms with Crippen LogP contribution in [0, 0.1) is 0 Å². The van der Waals surface area contributed by atoms with E-state index in [0.717, 1.165) is 6.26 Å². The van der Waals surface area contributed by atoms with Gasteiger partial charge in [0.25, 0.3) is 5.91 Å². The molecule has 8 heteroatoms. The fourth-order valence-electron chi connectivity index (χ4n) is 1.49. The standard InChI is InChI=1S/C13H14N2O4S2/c1-21(17,18)6-5-19-11-4-2-3-10(7-11)15-13(16)12-8-20-9-14-12/h2-4,7-9H,5-6H2,1H3,(H,15,16). The van der Waals surface area contributed by atoms with E-state index in [1.54, 1.807) is 35.2 Å². The Hall–Kier alpha value is -1.93. The number of anilines is 1. The number of amides is 1. The van der Waals surface area contributed by atoms with Gasteiger partial charge in [-0.2, -0.15) is 0 Å². The Morgan fingerprint density at radius 1 is 1.43 bits per heavy atom. The van der Waals surface area contributed by atoms with Crippen LogP contribution in [0.15, 0.2) is 35.2 Å². The Kier molecular flexibility index (Phi) is 4.92. The van der Waals surface area contributed by atoms with E-state index in [4.69, 9.17) is 4.74 Å². The quantitative estimate of drug-likeness (QED) is 0.875. The van der Waals surface area contributed by atoms with E-state index in [0.29, 0.717) is 17.1 Å². The van der Waals surface area contributed by atoms with Gasteiger partial charge in [-0.1, -0.05) is 6.07 Å². The summed E-state index contributed by atoms with van der Waals surface area (Å²) >= 11 is 1.34. The van der Waals surface area contributed by atoms with Crippen molar-refractivity contribution in [1.82, 2.24) is 4.98 Å². The molecule has 0 unspecified atom stereocenters. The van der Waals surface area contributed by atoms with Crippen molar-refractivity contribution < 1.29 is 17.9 Å². The van der Waals surface area contributed by atoms with Crippen LogP contribution in [0.5, 0.6) is 5.75 Å². The number of carbonyl (C=O) groups excluding carboxylic acids is 1. The Labute approximate surface area is 126 Å². The fraction of sp³-hybridized carbons (Fsp3) is 0.231. The Morgan fingerprint density at radius 3 is 2.90 bits per heavy atom. The highest BCUT2D eigenvalue weighted by Crippen LogP contribution is 2.18. The topological polar surface area (TPSA) is 85.4 Å². The van der Waals surface area contributed by atoms with Crippen LogP contribution >= 0.6 is 11.3 Å². The molecule has 0 radical (unpaired) electrons. The molecule has 21 heavy (non-hydrogen) atoms. The van der Waals surface area contributed by atoms with E-state index in [-0.39, 0.29) is 18.3 Å². The number of aromatic nitrogens is 1. The third-order valence-corrected chi connectivity index (χ3v) is 3.97. The lowest BCUT2D eigenvalue weighted by Gasteiger charge is -2.08. The van der Waals surface area contributed by atoms with Gasteiger partial charge in [0.05, 0.1) is 11.3 Å². The van der Waals surface area contributed by atoms with Crippen molar-refractivity contribution in [2.75, 3.05) is 23.9 Å². The van der Waals surface area contributed by atoms with E-state index >= 15 is 0 Å². The van der Waals surface area contributed by atoms with Crippen LogP contribution in [-0.4, -0.2) is 37.9 Å². The molecule has 0 fully saturated rings. The summed E-state index contributed by atoms with van der Waals surface area (Å²) in [5.41, 5.74) is 2.49. The predicted octanol–water partition coefficient (Wildman–Crippen LogP) is 1.82. The molecule has 0 saturated heterocycles. The van der Waals surface area contributed by atoms with E-state index in [1.165, 1.54) is 11.3 Å². The Bertz CT molecular complexity index is 712. The molecule has 0 saturated carbocycles. The summed E-state index contributed by atoms with van der Waals surface area (Å²) in [6, 6.07) is 6.76. The zero-order valence-electron chi connectivity index (χ0n) is 11.3. The van der Waals surface area contributed by atoms with Crippen molar-refractivity contribution in [1.29, 1.82) is 0 Å². The molecule has 2 aromatic rings. The predicted molar refractivity (Wildman–Crippen MR) is 81.7 cm³/mol. The van der Waals surface area contributed by atoms with Crippen LogP contribution in [0.3, 0.4) is 0 Å². The summed E-state index contributed by atoms with van der Waals surface area (Å²) < 4.78 is 27.4. The lowest BCUT2D eigenvalue weighted by molar-refractivity contribution is 0.102. The van der Waals surface area contributed by atoms with Gasteiger partial charge in [-0.3, -0.25) is 4.79 Å². The van der Waals surface area contributed by atoms with Gasteiger partial charge in [-0.15, -0.1) is 11.3 Å². The molecule has 6 nitrogen and oxygen atoms in total. The molecule has 1 aromatic carbocycles. The number of sulfone groups is 1. The second-order valence-electron chi connectivity index (χ2n) is 4.33. The van der Waals surface area contributed by atoms with Crippen molar-refractivity contribution in [3.05, 3.63) is 40.8 Å². The highest BCUT2D eigenvalue weighted by atomic mass is 32.2. The molecule has 1 N–H and O–H groups in total. The van der Waals surface area contributed by atoms with Crippen LogP contribution in [0.1, 0.15) is 10.5 Å². The summed E-state index contributed by atoms with van der Waals surface area (Å²) in [5.74, 6) is 0.141. The van der Waals surface area contributed by atoms with E-state index < -0.39 is 9.84 Å². The second kappa shape index (κ2) is 6.68.